The van der Waals surface area contributed by atoms with E-state index in [4.69, 9.17) is 4.74 Å². The molecular weight excluding hydrogens is 488 g/mol. The molecule has 0 bridgehead atoms. The summed E-state index contributed by atoms with van der Waals surface area (Å²) in [6.45, 7) is -0.151. The summed E-state index contributed by atoms with van der Waals surface area (Å²) in [6.07, 6.45) is 0.269. The Labute approximate surface area is 155 Å². The van der Waals surface area contributed by atoms with Gasteiger partial charge in [0, 0.05) is 14.5 Å². The van der Waals surface area contributed by atoms with Gasteiger partial charge in [0.25, 0.3) is 0 Å². The highest BCUT2D eigenvalue weighted by Gasteiger charge is 2.40. The number of hydrogen-bond acceptors (Lipinski definition) is 2. The lowest BCUT2D eigenvalue weighted by molar-refractivity contribution is -0.157. The zero-order chi connectivity index (χ0) is 17.1. The summed E-state index contributed by atoms with van der Waals surface area (Å²) in [6, 6.07) is 3.36. The molecule has 2 rings (SSSR count). The van der Waals surface area contributed by atoms with Crippen molar-refractivity contribution in [1.29, 1.82) is 0 Å². The van der Waals surface area contributed by atoms with Crippen LogP contribution in [0.15, 0.2) is 22.7 Å². The van der Waals surface area contributed by atoms with Gasteiger partial charge in [-0.1, -0.05) is 57.8 Å². The minimum Gasteiger partial charge on any atom is -0.460 e. The molecule has 1 aromatic rings. The number of rotatable bonds is 4. The third-order valence-electron chi connectivity index (χ3n) is 4.23. The van der Waals surface area contributed by atoms with Crippen LogP contribution >= 0.6 is 38.5 Å². The summed E-state index contributed by atoms with van der Waals surface area (Å²) >= 11 is 5.41. The molecular formula is C16H17BrF3IO2. The van der Waals surface area contributed by atoms with Gasteiger partial charge in [-0.05, 0) is 31.0 Å². The molecule has 2 nitrogen and oxygen atoms in total. The number of halogens is 5. The van der Waals surface area contributed by atoms with Crippen LogP contribution in [-0.4, -0.2) is 10.4 Å². The van der Waals surface area contributed by atoms with Gasteiger partial charge in [-0.3, -0.25) is 4.79 Å². The lowest BCUT2D eigenvalue weighted by Gasteiger charge is -2.33. The Kier molecular flexibility index (Phi) is 6.38. The SMILES string of the molecule is O=C(OCc1cc(C(F)(F)F)ccc1Br)C1(CI)CCCCC1. The molecule has 0 amide bonds. The van der Waals surface area contributed by atoms with Crippen LogP contribution in [0.2, 0.25) is 0 Å². The van der Waals surface area contributed by atoms with Crippen molar-refractivity contribution in [1.82, 2.24) is 0 Å². The van der Waals surface area contributed by atoms with E-state index in [0.717, 1.165) is 44.2 Å². The smallest absolute Gasteiger partial charge is 0.416 e. The van der Waals surface area contributed by atoms with E-state index >= 15 is 0 Å². The number of carbonyl (C=O) groups is 1. The van der Waals surface area contributed by atoms with Crippen molar-refractivity contribution >= 4 is 44.5 Å². The first-order valence-electron chi connectivity index (χ1n) is 7.37. The standard InChI is InChI=1S/C16H17BrF3IO2/c17-13-5-4-12(16(18,19)20)8-11(13)9-23-14(22)15(10-21)6-2-1-3-7-15/h4-5,8H,1-3,6-7,9-10H2. The van der Waals surface area contributed by atoms with Crippen LogP contribution in [0.5, 0.6) is 0 Å². The Morgan fingerprint density at radius 2 is 1.91 bits per heavy atom. The van der Waals surface area contributed by atoms with Crippen molar-refractivity contribution in [2.45, 2.75) is 44.9 Å². The lowest BCUT2D eigenvalue weighted by Crippen LogP contribution is -2.36. The Bertz CT molecular complexity index is 569. The minimum atomic E-state index is -4.41. The van der Waals surface area contributed by atoms with E-state index in [9.17, 15) is 18.0 Å². The van der Waals surface area contributed by atoms with Crippen LogP contribution in [0, 0.1) is 5.41 Å². The van der Waals surface area contributed by atoms with Gasteiger partial charge in [-0.2, -0.15) is 13.2 Å². The van der Waals surface area contributed by atoms with Crippen molar-refractivity contribution in [2.75, 3.05) is 4.43 Å². The van der Waals surface area contributed by atoms with Gasteiger partial charge in [0.15, 0.2) is 0 Å². The maximum Gasteiger partial charge on any atom is 0.416 e. The highest BCUT2D eigenvalue weighted by molar-refractivity contribution is 14.1. The van der Waals surface area contributed by atoms with Crippen LogP contribution < -0.4 is 0 Å². The molecule has 0 radical (unpaired) electrons. The largest absolute Gasteiger partial charge is 0.460 e. The van der Waals surface area contributed by atoms with Crippen LogP contribution in [0.3, 0.4) is 0 Å². The predicted octanol–water partition coefficient (Wildman–Crippen LogP) is 5.90. The third-order valence-corrected chi connectivity index (χ3v) is 6.47. The molecule has 0 unspecified atom stereocenters. The van der Waals surface area contributed by atoms with Crippen LogP contribution in [0.25, 0.3) is 0 Å². The number of alkyl halides is 4. The third kappa shape index (κ3) is 4.61. The van der Waals surface area contributed by atoms with Crippen molar-refractivity contribution in [3.05, 3.63) is 33.8 Å². The van der Waals surface area contributed by atoms with E-state index in [1.54, 1.807) is 0 Å². The fraction of sp³-hybridized carbons (Fsp3) is 0.562. The lowest BCUT2D eigenvalue weighted by atomic mass is 9.76. The normalized spacial score (nSPS) is 17.8. The minimum absolute atomic E-state index is 0.151. The van der Waals surface area contributed by atoms with E-state index in [1.807, 2.05) is 0 Å². The van der Waals surface area contributed by atoms with Crippen molar-refractivity contribution in [3.63, 3.8) is 0 Å². The highest BCUT2D eigenvalue weighted by Crippen LogP contribution is 2.39. The Hall–Kier alpha value is -0.310. The molecule has 0 N–H and O–H groups in total. The Balaban J connectivity index is 2.09. The molecule has 0 saturated heterocycles. The van der Waals surface area contributed by atoms with E-state index in [1.165, 1.54) is 6.07 Å². The molecule has 1 aliphatic carbocycles. The van der Waals surface area contributed by atoms with Gasteiger partial charge >= 0.3 is 12.1 Å². The summed E-state index contributed by atoms with van der Waals surface area (Å²) < 4.78 is 44.9. The van der Waals surface area contributed by atoms with Gasteiger partial charge in [0.2, 0.25) is 0 Å². The molecule has 7 heteroatoms. The van der Waals surface area contributed by atoms with E-state index in [2.05, 4.69) is 38.5 Å². The molecule has 1 aliphatic rings. The molecule has 1 fully saturated rings. The Morgan fingerprint density at radius 3 is 2.48 bits per heavy atom. The molecule has 0 heterocycles. The number of benzene rings is 1. The zero-order valence-corrected chi connectivity index (χ0v) is 16.1. The Morgan fingerprint density at radius 1 is 1.26 bits per heavy atom. The first-order valence-corrected chi connectivity index (χ1v) is 9.69. The van der Waals surface area contributed by atoms with Crippen molar-refractivity contribution in [2.24, 2.45) is 5.41 Å². The summed E-state index contributed by atoms with van der Waals surface area (Å²) in [5.41, 5.74) is -0.895. The first-order chi connectivity index (χ1) is 10.8. The summed E-state index contributed by atoms with van der Waals surface area (Å²) in [5, 5.41) is 0. The number of hydrogen-bond donors (Lipinski definition) is 0. The molecule has 0 aromatic heterocycles. The van der Waals surface area contributed by atoms with Crippen LogP contribution in [0.4, 0.5) is 13.2 Å². The summed E-state index contributed by atoms with van der Waals surface area (Å²) in [5.74, 6) is -0.295. The fourth-order valence-corrected chi connectivity index (χ4v) is 4.21. The summed E-state index contributed by atoms with van der Waals surface area (Å²) in [7, 11) is 0. The van der Waals surface area contributed by atoms with Gasteiger partial charge < -0.3 is 4.74 Å². The second-order valence-electron chi connectivity index (χ2n) is 5.85. The average molecular weight is 505 g/mol. The first kappa shape index (κ1) is 19.0. The van der Waals surface area contributed by atoms with E-state index in [0.29, 0.717) is 14.5 Å². The van der Waals surface area contributed by atoms with Crippen LogP contribution in [0.1, 0.15) is 43.2 Å². The van der Waals surface area contributed by atoms with E-state index < -0.39 is 17.2 Å². The maximum absolute atomic E-state index is 12.8. The van der Waals surface area contributed by atoms with Gasteiger partial charge in [0.1, 0.15) is 6.61 Å². The van der Waals surface area contributed by atoms with Gasteiger partial charge in [-0.25, -0.2) is 0 Å². The molecule has 1 aromatic carbocycles. The molecule has 0 spiro atoms. The molecule has 128 valence electrons. The van der Waals surface area contributed by atoms with Gasteiger partial charge in [0.05, 0.1) is 11.0 Å². The predicted molar refractivity (Wildman–Crippen MR) is 93.3 cm³/mol. The fourth-order valence-electron chi connectivity index (χ4n) is 2.78. The van der Waals surface area contributed by atoms with Gasteiger partial charge in [-0.15, -0.1) is 0 Å². The topological polar surface area (TPSA) is 26.3 Å². The van der Waals surface area contributed by atoms with E-state index in [-0.39, 0.29) is 12.6 Å². The van der Waals surface area contributed by atoms with Crippen molar-refractivity contribution < 1.29 is 22.7 Å². The second kappa shape index (κ2) is 7.72. The maximum atomic E-state index is 12.8. The molecule has 23 heavy (non-hydrogen) atoms. The van der Waals surface area contributed by atoms with Crippen molar-refractivity contribution in [3.8, 4) is 0 Å². The van der Waals surface area contributed by atoms with Crippen LogP contribution in [-0.2, 0) is 22.3 Å². The average Bonchev–Trinajstić information content (AvgIpc) is 2.53. The molecule has 0 atom stereocenters. The quantitative estimate of drug-likeness (QED) is 0.290. The number of carbonyl (C=O) groups excluding carboxylic acids is 1. The second-order valence-corrected chi connectivity index (χ2v) is 7.47. The molecule has 1 saturated carbocycles. The number of ether oxygens (including phenoxy) is 1. The summed E-state index contributed by atoms with van der Waals surface area (Å²) in [4.78, 5) is 12.5. The number of esters is 1. The highest BCUT2D eigenvalue weighted by atomic mass is 127. The monoisotopic (exact) mass is 504 g/mol. The molecule has 0 aliphatic heterocycles. The zero-order valence-electron chi connectivity index (χ0n) is 12.4.